The third-order valence-corrected chi connectivity index (χ3v) is 3.39. The van der Waals surface area contributed by atoms with Gasteiger partial charge in [0.25, 0.3) is 5.91 Å². The van der Waals surface area contributed by atoms with E-state index in [1.807, 2.05) is 0 Å². The minimum Gasteiger partial charge on any atom is -0.504 e. The standard InChI is InChI=1S/C18H19N3O6/c1-3-26-16-6-4-5-13(18(16)23)10-19-20-17(22)11-27-15-8-7-12(2)9-14(15)21(24)25/h4-10,23H,3,11H2,1-2H3,(H,20,22)/b19-10+. The lowest BCUT2D eigenvalue weighted by Gasteiger charge is -2.07. The molecular formula is C18H19N3O6. The molecule has 9 nitrogen and oxygen atoms in total. The van der Waals surface area contributed by atoms with Crippen molar-refractivity contribution in [3.8, 4) is 17.2 Å². The zero-order valence-corrected chi connectivity index (χ0v) is 14.8. The van der Waals surface area contributed by atoms with Crippen LogP contribution in [-0.2, 0) is 4.79 Å². The summed E-state index contributed by atoms with van der Waals surface area (Å²) < 4.78 is 10.5. The van der Waals surface area contributed by atoms with Crippen molar-refractivity contribution in [2.45, 2.75) is 13.8 Å². The highest BCUT2D eigenvalue weighted by atomic mass is 16.6. The molecule has 0 spiro atoms. The van der Waals surface area contributed by atoms with Crippen molar-refractivity contribution < 1.29 is 24.3 Å². The average Bonchev–Trinajstić information content (AvgIpc) is 2.63. The van der Waals surface area contributed by atoms with Crippen LogP contribution in [0.4, 0.5) is 5.69 Å². The Hall–Kier alpha value is -3.62. The van der Waals surface area contributed by atoms with Gasteiger partial charge in [-0.25, -0.2) is 5.43 Å². The summed E-state index contributed by atoms with van der Waals surface area (Å²) >= 11 is 0. The number of rotatable bonds is 8. The Bertz CT molecular complexity index is 866. The summed E-state index contributed by atoms with van der Waals surface area (Å²) in [6.45, 7) is 3.45. The van der Waals surface area contributed by atoms with E-state index in [1.54, 1.807) is 38.1 Å². The van der Waals surface area contributed by atoms with Crippen molar-refractivity contribution in [1.29, 1.82) is 0 Å². The van der Waals surface area contributed by atoms with Crippen LogP contribution in [0.3, 0.4) is 0 Å². The maximum Gasteiger partial charge on any atom is 0.311 e. The zero-order chi connectivity index (χ0) is 19.8. The van der Waals surface area contributed by atoms with Crippen molar-refractivity contribution in [3.05, 3.63) is 57.6 Å². The zero-order valence-electron chi connectivity index (χ0n) is 14.8. The SMILES string of the molecule is CCOc1cccc(/C=N/NC(=O)COc2ccc(C)cc2[N+](=O)[O-])c1O. The number of nitro groups is 1. The molecule has 0 aliphatic carbocycles. The first-order chi connectivity index (χ1) is 12.9. The van der Waals surface area contributed by atoms with Crippen molar-refractivity contribution in [2.75, 3.05) is 13.2 Å². The number of aryl methyl sites for hydroxylation is 1. The summed E-state index contributed by atoms with van der Waals surface area (Å²) in [5, 5.41) is 24.8. The molecule has 27 heavy (non-hydrogen) atoms. The normalized spacial score (nSPS) is 10.6. The molecule has 0 atom stereocenters. The number of nitrogens with one attached hydrogen (secondary N) is 1. The third kappa shape index (κ3) is 5.43. The Balaban J connectivity index is 1.95. The van der Waals surface area contributed by atoms with Crippen molar-refractivity contribution in [3.63, 3.8) is 0 Å². The van der Waals surface area contributed by atoms with E-state index in [9.17, 15) is 20.0 Å². The van der Waals surface area contributed by atoms with Crippen molar-refractivity contribution in [2.24, 2.45) is 5.10 Å². The van der Waals surface area contributed by atoms with Crippen LogP contribution in [0, 0.1) is 17.0 Å². The van der Waals surface area contributed by atoms with E-state index in [1.165, 1.54) is 18.3 Å². The Morgan fingerprint density at radius 2 is 2.07 bits per heavy atom. The topological polar surface area (TPSA) is 123 Å². The molecule has 0 saturated heterocycles. The smallest absolute Gasteiger partial charge is 0.311 e. The van der Waals surface area contributed by atoms with Gasteiger partial charge in [0.05, 0.1) is 17.7 Å². The van der Waals surface area contributed by atoms with Gasteiger partial charge in [0.1, 0.15) is 0 Å². The number of benzene rings is 2. The van der Waals surface area contributed by atoms with Gasteiger partial charge in [0.15, 0.2) is 23.9 Å². The number of hydrogen-bond acceptors (Lipinski definition) is 7. The molecule has 9 heteroatoms. The van der Waals surface area contributed by atoms with Gasteiger partial charge in [0, 0.05) is 11.6 Å². The van der Waals surface area contributed by atoms with E-state index >= 15 is 0 Å². The molecule has 0 radical (unpaired) electrons. The van der Waals surface area contributed by atoms with Crippen LogP contribution < -0.4 is 14.9 Å². The lowest BCUT2D eigenvalue weighted by atomic mass is 10.2. The van der Waals surface area contributed by atoms with E-state index in [-0.39, 0.29) is 17.2 Å². The molecule has 1 amide bonds. The van der Waals surface area contributed by atoms with Gasteiger partial charge in [-0.15, -0.1) is 0 Å². The molecule has 2 aromatic carbocycles. The van der Waals surface area contributed by atoms with Gasteiger partial charge >= 0.3 is 5.69 Å². The Morgan fingerprint density at radius 3 is 2.78 bits per heavy atom. The minimum absolute atomic E-state index is 0.00760. The molecule has 0 aliphatic rings. The molecule has 2 N–H and O–H groups in total. The molecule has 0 heterocycles. The number of para-hydroxylation sites is 1. The van der Waals surface area contributed by atoms with Crippen LogP contribution in [0.1, 0.15) is 18.1 Å². The van der Waals surface area contributed by atoms with E-state index in [4.69, 9.17) is 9.47 Å². The molecule has 0 fully saturated rings. The van der Waals surface area contributed by atoms with Gasteiger partial charge in [0.2, 0.25) is 0 Å². The monoisotopic (exact) mass is 373 g/mol. The minimum atomic E-state index is -0.610. The fourth-order valence-electron chi connectivity index (χ4n) is 2.16. The highest BCUT2D eigenvalue weighted by Gasteiger charge is 2.16. The highest BCUT2D eigenvalue weighted by Crippen LogP contribution is 2.29. The lowest BCUT2D eigenvalue weighted by Crippen LogP contribution is -2.24. The first-order valence-corrected chi connectivity index (χ1v) is 8.07. The Morgan fingerprint density at radius 1 is 1.30 bits per heavy atom. The second-order valence-electron chi connectivity index (χ2n) is 5.44. The number of phenolic OH excluding ortho intramolecular Hbond substituents is 1. The second kappa shape index (κ2) is 9.18. The summed E-state index contributed by atoms with van der Waals surface area (Å²) in [5.41, 5.74) is 3.07. The lowest BCUT2D eigenvalue weighted by molar-refractivity contribution is -0.385. The average molecular weight is 373 g/mol. The first kappa shape index (κ1) is 19.7. The van der Waals surface area contributed by atoms with Gasteiger partial charge in [-0.3, -0.25) is 14.9 Å². The number of phenols is 1. The number of hydrazone groups is 1. The summed E-state index contributed by atoms with van der Waals surface area (Å²) in [7, 11) is 0. The predicted octanol–water partition coefficient (Wildman–Crippen LogP) is 2.54. The number of hydrogen-bond donors (Lipinski definition) is 2. The highest BCUT2D eigenvalue weighted by molar-refractivity contribution is 5.86. The number of ether oxygens (including phenoxy) is 2. The maximum absolute atomic E-state index is 11.8. The number of nitrogens with zero attached hydrogens (tertiary/aromatic N) is 2. The quantitative estimate of drug-likeness (QED) is 0.416. The summed E-state index contributed by atoms with van der Waals surface area (Å²) in [5.74, 6) is -0.403. The van der Waals surface area contributed by atoms with E-state index in [0.29, 0.717) is 23.5 Å². The molecule has 0 bridgehead atoms. The van der Waals surface area contributed by atoms with Gasteiger partial charge in [-0.1, -0.05) is 12.1 Å². The van der Waals surface area contributed by atoms with Crippen LogP contribution in [0.2, 0.25) is 0 Å². The summed E-state index contributed by atoms with van der Waals surface area (Å²) in [4.78, 5) is 22.2. The van der Waals surface area contributed by atoms with Gasteiger partial charge in [-0.2, -0.15) is 5.10 Å². The van der Waals surface area contributed by atoms with Crippen LogP contribution in [-0.4, -0.2) is 35.4 Å². The number of carbonyl (C=O) groups is 1. The molecule has 0 saturated carbocycles. The maximum atomic E-state index is 11.8. The van der Waals surface area contributed by atoms with E-state index in [0.717, 1.165) is 0 Å². The fraction of sp³-hybridized carbons (Fsp3) is 0.222. The second-order valence-corrected chi connectivity index (χ2v) is 5.44. The van der Waals surface area contributed by atoms with Crippen molar-refractivity contribution in [1.82, 2.24) is 5.43 Å². The van der Waals surface area contributed by atoms with Crippen LogP contribution in [0.15, 0.2) is 41.5 Å². The number of aromatic hydroxyl groups is 1. The Labute approximate surface area is 155 Å². The van der Waals surface area contributed by atoms with Crippen LogP contribution in [0.5, 0.6) is 17.2 Å². The third-order valence-electron chi connectivity index (χ3n) is 3.39. The van der Waals surface area contributed by atoms with Crippen molar-refractivity contribution >= 4 is 17.8 Å². The van der Waals surface area contributed by atoms with Gasteiger partial charge in [-0.05, 0) is 37.6 Å². The summed E-state index contributed by atoms with van der Waals surface area (Å²) in [6.07, 6.45) is 1.25. The largest absolute Gasteiger partial charge is 0.504 e. The molecule has 0 aromatic heterocycles. The Kier molecular flexibility index (Phi) is 6.70. The van der Waals surface area contributed by atoms with E-state index < -0.39 is 17.4 Å². The van der Waals surface area contributed by atoms with Crippen LogP contribution >= 0.6 is 0 Å². The number of carbonyl (C=O) groups excluding carboxylic acids is 1. The molecular weight excluding hydrogens is 354 g/mol. The van der Waals surface area contributed by atoms with Crippen LogP contribution in [0.25, 0.3) is 0 Å². The molecule has 0 unspecified atom stereocenters. The van der Waals surface area contributed by atoms with E-state index in [2.05, 4.69) is 10.5 Å². The van der Waals surface area contributed by atoms with Gasteiger partial charge < -0.3 is 14.6 Å². The molecule has 142 valence electrons. The molecule has 0 aliphatic heterocycles. The summed E-state index contributed by atoms with van der Waals surface area (Å²) in [6, 6.07) is 9.32. The molecule has 2 rings (SSSR count). The number of amides is 1. The molecule has 2 aromatic rings. The number of nitro benzene ring substituents is 1. The first-order valence-electron chi connectivity index (χ1n) is 8.07. The fourth-order valence-corrected chi connectivity index (χ4v) is 2.16. The predicted molar refractivity (Wildman–Crippen MR) is 98.3 cm³/mol.